The Morgan fingerprint density at radius 3 is 2.55 bits per heavy atom. The molecule has 0 spiro atoms. The fourth-order valence-corrected chi connectivity index (χ4v) is 9.34. The number of nitrogens with zero attached hydrogens (tertiary/aromatic N) is 7. The quantitative estimate of drug-likeness (QED) is 0.281. The van der Waals surface area contributed by atoms with Crippen molar-refractivity contribution in [1.29, 1.82) is 0 Å². The first-order chi connectivity index (χ1) is 20.9. The average molecular weight is 618 g/mol. The van der Waals surface area contributed by atoms with Crippen LogP contribution in [0.4, 0.5) is 8.78 Å². The van der Waals surface area contributed by atoms with Crippen molar-refractivity contribution < 1.29 is 17.2 Å². The van der Waals surface area contributed by atoms with Crippen LogP contribution in [-0.4, -0.2) is 62.1 Å². The molecule has 3 aromatic heterocycles. The summed E-state index contributed by atoms with van der Waals surface area (Å²) in [7, 11) is -1.57. The second kappa shape index (κ2) is 9.98. The molecule has 0 radical (unpaired) electrons. The van der Waals surface area contributed by atoms with E-state index in [2.05, 4.69) is 40.7 Å². The van der Waals surface area contributed by atoms with Gasteiger partial charge >= 0.3 is 0 Å². The SMILES string of the molecule is C=C1CCC(CS(=O)(=O)Cc2ncn(-c3cccc([C@@]45CC[C@@H](c6cc(-c7c(F)cccc7F)nnc64)C5(C)C)n3)n2)N1C. The van der Waals surface area contributed by atoms with Crippen LogP contribution in [0.1, 0.15) is 68.2 Å². The number of hydrogen-bond acceptors (Lipinski definition) is 8. The van der Waals surface area contributed by atoms with Gasteiger partial charge in [0.1, 0.15) is 23.7 Å². The van der Waals surface area contributed by atoms with E-state index in [1.54, 1.807) is 12.1 Å². The van der Waals surface area contributed by atoms with Gasteiger partial charge in [-0.3, -0.25) is 0 Å². The minimum absolute atomic E-state index is 0.0231. The Morgan fingerprint density at radius 1 is 1.07 bits per heavy atom. The van der Waals surface area contributed by atoms with Crippen LogP contribution < -0.4 is 0 Å². The molecule has 1 aliphatic heterocycles. The van der Waals surface area contributed by atoms with Crippen molar-refractivity contribution in [3.05, 3.63) is 95.5 Å². The number of pyridine rings is 1. The zero-order valence-electron chi connectivity index (χ0n) is 24.8. The Labute approximate surface area is 255 Å². The molecule has 12 heteroatoms. The topological polar surface area (TPSA) is 107 Å². The predicted octanol–water partition coefficient (Wildman–Crippen LogP) is 5.12. The van der Waals surface area contributed by atoms with Crippen molar-refractivity contribution in [2.24, 2.45) is 5.41 Å². The molecule has 4 aromatic rings. The smallest absolute Gasteiger partial charge is 0.166 e. The molecule has 4 heterocycles. The average Bonchev–Trinajstić information content (AvgIpc) is 3.69. The number of aromatic nitrogens is 6. The van der Waals surface area contributed by atoms with E-state index in [-0.39, 0.29) is 46.0 Å². The van der Waals surface area contributed by atoms with Crippen LogP contribution in [0.15, 0.2) is 61.1 Å². The molecule has 1 aromatic carbocycles. The fraction of sp³-hybridized carbons (Fsp3) is 0.406. The number of likely N-dealkylation sites (tertiary alicyclic amines) is 1. The fourth-order valence-electron chi connectivity index (χ4n) is 7.72. The van der Waals surface area contributed by atoms with Gasteiger partial charge in [0, 0.05) is 18.8 Å². The van der Waals surface area contributed by atoms with Crippen molar-refractivity contribution >= 4 is 9.84 Å². The Kier molecular flexibility index (Phi) is 6.51. The Hall–Kier alpha value is -4.06. The van der Waals surface area contributed by atoms with Gasteiger partial charge in [0.15, 0.2) is 21.5 Å². The van der Waals surface area contributed by atoms with E-state index in [4.69, 9.17) is 4.98 Å². The molecule has 2 bridgehead atoms. The van der Waals surface area contributed by atoms with Gasteiger partial charge in [0.25, 0.3) is 0 Å². The molecule has 7 rings (SSSR count). The van der Waals surface area contributed by atoms with Gasteiger partial charge in [-0.15, -0.1) is 10.2 Å². The van der Waals surface area contributed by atoms with Gasteiger partial charge in [-0.2, -0.15) is 5.10 Å². The molecule has 2 aliphatic carbocycles. The highest BCUT2D eigenvalue weighted by Gasteiger charge is 2.65. The zero-order valence-corrected chi connectivity index (χ0v) is 25.7. The van der Waals surface area contributed by atoms with Gasteiger partial charge < -0.3 is 4.90 Å². The first kappa shape index (κ1) is 28.7. The highest BCUT2D eigenvalue weighted by molar-refractivity contribution is 7.90. The lowest BCUT2D eigenvalue weighted by molar-refractivity contribution is 0.242. The van der Waals surface area contributed by atoms with Crippen LogP contribution >= 0.6 is 0 Å². The molecule has 1 saturated heterocycles. The summed E-state index contributed by atoms with van der Waals surface area (Å²) in [5.74, 6) is -0.777. The number of rotatable bonds is 7. The predicted molar refractivity (Wildman–Crippen MR) is 160 cm³/mol. The molecule has 1 unspecified atom stereocenters. The van der Waals surface area contributed by atoms with Gasteiger partial charge in [-0.1, -0.05) is 32.6 Å². The molecule has 3 aliphatic rings. The highest BCUT2D eigenvalue weighted by Crippen LogP contribution is 2.69. The number of hydrogen-bond donors (Lipinski definition) is 0. The van der Waals surface area contributed by atoms with E-state index in [0.29, 0.717) is 5.82 Å². The highest BCUT2D eigenvalue weighted by atomic mass is 32.2. The summed E-state index contributed by atoms with van der Waals surface area (Å²) in [6.07, 6.45) is 4.70. The lowest BCUT2D eigenvalue weighted by Crippen LogP contribution is -2.38. The summed E-state index contributed by atoms with van der Waals surface area (Å²) in [4.78, 5) is 11.3. The molecule has 9 nitrogen and oxygen atoms in total. The van der Waals surface area contributed by atoms with E-state index in [1.807, 2.05) is 24.1 Å². The first-order valence-corrected chi connectivity index (χ1v) is 16.6. The number of sulfone groups is 1. The molecule has 2 fully saturated rings. The third kappa shape index (κ3) is 4.28. The van der Waals surface area contributed by atoms with Gasteiger partial charge in [-0.05, 0) is 72.9 Å². The van der Waals surface area contributed by atoms with Crippen LogP contribution in [0.2, 0.25) is 0 Å². The molecular weight excluding hydrogens is 584 g/mol. The second-order valence-electron chi connectivity index (χ2n) is 12.8. The minimum Gasteiger partial charge on any atom is -0.374 e. The van der Waals surface area contributed by atoms with Crippen molar-refractivity contribution in [3.8, 4) is 17.1 Å². The van der Waals surface area contributed by atoms with E-state index in [9.17, 15) is 17.2 Å². The summed E-state index contributed by atoms with van der Waals surface area (Å²) in [6, 6.07) is 11.1. The molecule has 44 heavy (non-hydrogen) atoms. The van der Waals surface area contributed by atoms with Crippen molar-refractivity contribution in [2.45, 2.75) is 62.7 Å². The minimum atomic E-state index is -3.45. The van der Waals surface area contributed by atoms with E-state index in [0.717, 1.165) is 48.3 Å². The second-order valence-corrected chi connectivity index (χ2v) is 14.9. The number of allylic oxidation sites excluding steroid dienone is 1. The summed E-state index contributed by atoms with van der Waals surface area (Å²) < 4.78 is 56.7. The lowest BCUT2D eigenvalue weighted by Gasteiger charge is -2.37. The van der Waals surface area contributed by atoms with Crippen LogP contribution in [0.25, 0.3) is 17.1 Å². The number of fused-ring (bicyclic) bond motifs is 5. The van der Waals surface area contributed by atoms with E-state index < -0.39 is 26.9 Å². The largest absolute Gasteiger partial charge is 0.374 e. The molecule has 1 saturated carbocycles. The van der Waals surface area contributed by atoms with Crippen LogP contribution in [-0.2, 0) is 21.0 Å². The third-order valence-corrected chi connectivity index (χ3v) is 11.7. The molecule has 0 N–H and O–H groups in total. The third-order valence-electron chi connectivity index (χ3n) is 10.2. The van der Waals surface area contributed by atoms with Crippen LogP contribution in [0.3, 0.4) is 0 Å². The Bertz CT molecular complexity index is 1900. The molecule has 228 valence electrons. The molecule has 3 atom stereocenters. The zero-order chi connectivity index (χ0) is 31.0. The monoisotopic (exact) mass is 617 g/mol. The van der Waals surface area contributed by atoms with Gasteiger partial charge in [0.05, 0.1) is 33.8 Å². The maximum atomic E-state index is 14.6. The van der Waals surface area contributed by atoms with E-state index in [1.165, 1.54) is 29.2 Å². The van der Waals surface area contributed by atoms with Crippen LogP contribution in [0.5, 0.6) is 0 Å². The van der Waals surface area contributed by atoms with Gasteiger partial charge in [0.2, 0.25) is 0 Å². The van der Waals surface area contributed by atoms with Crippen LogP contribution in [0, 0.1) is 17.0 Å². The molecule has 0 amide bonds. The standard InChI is InChI=1S/C32H33F2N7O2S/c1-19-11-12-20(40(19)4)16-44(42,43)17-27-35-18-41(39-27)28-10-6-9-26(36-28)32-14-13-22(31(32,2)3)21-15-25(37-38-30(21)32)29-23(33)7-5-8-24(29)34/h5-10,15,18,20,22H,1,11-14,16-17H2,2-4H3/t20?,22-,32-/m0/s1. The van der Waals surface area contributed by atoms with Gasteiger partial charge in [-0.25, -0.2) is 31.8 Å². The summed E-state index contributed by atoms with van der Waals surface area (Å²) >= 11 is 0. The van der Waals surface area contributed by atoms with E-state index >= 15 is 0 Å². The Balaban J connectivity index is 1.20. The maximum absolute atomic E-state index is 14.6. The number of benzene rings is 1. The summed E-state index contributed by atoms with van der Waals surface area (Å²) in [5, 5.41) is 13.4. The number of halogens is 2. The van der Waals surface area contributed by atoms with Crippen molar-refractivity contribution in [3.63, 3.8) is 0 Å². The summed E-state index contributed by atoms with van der Waals surface area (Å²) in [5.41, 5.74) is 2.56. The summed E-state index contributed by atoms with van der Waals surface area (Å²) in [6.45, 7) is 8.35. The lowest BCUT2D eigenvalue weighted by atomic mass is 9.66. The van der Waals surface area contributed by atoms with Crippen molar-refractivity contribution in [2.75, 3.05) is 12.8 Å². The molecular formula is C32H33F2N7O2S. The maximum Gasteiger partial charge on any atom is 0.166 e. The normalized spacial score (nSPS) is 23.8. The first-order valence-electron chi connectivity index (χ1n) is 14.7. The van der Waals surface area contributed by atoms with Crippen molar-refractivity contribution in [1.82, 2.24) is 34.8 Å². The Morgan fingerprint density at radius 2 is 1.82 bits per heavy atom.